The smallest absolute Gasteiger partial charge is 0.130 e. The van der Waals surface area contributed by atoms with Crippen LogP contribution in [0.5, 0.6) is 0 Å². The maximum absolute atomic E-state index is 4.35. The van der Waals surface area contributed by atoms with Gasteiger partial charge in [0.1, 0.15) is 5.82 Å². The quantitative estimate of drug-likeness (QED) is 0.856. The number of aromatic nitrogens is 1. The Morgan fingerprint density at radius 1 is 1.56 bits per heavy atom. The summed E-state index contributed by atoms with van der Waals surface area (Å²) >= 11 is 0. The highest BCUT2D eigenvalue weighted by molar-refractivity contribution is 5.42. The van der Waals surface area contributed by atoms with Crippen molar-refractivity contribution in [3.8, 4) is 0 Å². The molecule has 1 unspecified atom stereocenters. The first-order valence-corrected chi connectivity index (χ1v) is 6.67. The van der Waals surface area contributed by atoms with Gasteiger partial charge in [-0.15, -0.1) is 0 Å². The van der Waals surface area contributed by atoms with E-state index in [0.29, 0.717) is 0 Å². The molecule has 0 spiro atoms. The molecule has 0 amide bonds. The molecule has 1 N–H and O–H groups in total. The summed E-state index contributed by atoms with van der Waals surface area (Å²) in [5.74, 6) is 1.81. The van der Waals surface area contributed by atoms with Gasteiger partial charge in [-0.2, -0.15) is 0 Å². The van der Waals surface area contributed by atoms with E-state index in [-0.39, 0.29) is 0 Å². The monoisotopic (exact) mass is 248 g/mol. The van der Waals surface area contributed by atoms with E-state index in [1.165, 1.54) is 31.6 Å². The van der Waals surface area contributed by atoms with E-state index in [1.807, 2.05) is 19.3 Å². The third-order valence-electron chi connectivity index (χ3n) is 3.63. The average Bonchev–Trinajstić information content (AvgIpc) is 2.75. The van der Waals surface area contributed by atoms with Crippen LogP contribution in [0.1, 0.15) is 12.0 Å². The molecule has 1 aliphatic rings. The zero-order valence-electron chi connectivity index (χ0n) is 11.7. The van der Waals surface area contributed by atoms with Gasteiger partial charge in [0.05, 0.1) is 0 Å². The summed E-state index contributed by atoms with van der Waals surface area (Å²) in [5, 5.41) is 3.16. The van der Waals surface area contributed by atoms with Gasteiger partial charge in [0, 0.05) is 38.4 Å². The van der Waals surface area contributed by atoms with Crippen molar-refractivity contribution in [1.82, 2.24) is 14.8 Å². The molecular formula is C14H24N4. The highest BCUT2D eigenvalue weighted by atomic mass is 15.1. The number of likely N-dealkylation sites (tertiary alicyclic amines) is 1. The van der Waals surface area contributed by atoms with Gasteiger partial charge in [-0.1, -0.05) is 6.07 Å². The number of nitrogens with zero attached hydrogens (tertiary/aromatic N) is 3. The van der Waals surface area contributed by atoms with Crippen LogP contribution in [0.25, 0.3) is 0 Å². The molecule has 1 aromatic heterocycles. The third kappa shape index (κ3) is 3.43. The van der Waals surface area contributed by atoms with Crippen molar-refractivity contribution in [3.05, 3.63) is 23.9 Å². The van der Waals surface area contributed by atoms with Crippen LogP contribution in [-0.4, -0.2) is 55.6 Å². The van der Waals surface area contributed by atoms with Crippen LogP contribution in [0.4, 0.5) is 5.82 Å². The van der Waals surface area contributed by atoms with E-state index < -0.39 is 0 Å². The molecule has 0 aromatic carbocycles. The van der Waals surface area contributed by atoms with E-state index >= 15 is 0 Å². The molecule has 0 aliphatic carbocycles. The Bertz CT molecular complexity index is 380. The molecule has 1 aliphatic heterocycles. The Kier molecular flexibility index (Phi) is 4.55. The minimum atomic E-state index is 0.815. The summed E-state index contributed by atoms with van der Waals surface area (Å²) in [5.41, 5.74) is 1.27. The normalized spacial score (nSPS) is 20.6. The second kappa shape index (κ2) is 6.16. The number of nitrogens with one attached hydrogen (secondary N) is 1. The fraction of sp³-hybridized carbons (Fsp3) is 0.643. The van der Waals surface area contributed by atoms with Crippen LogP contribution in [-0.2, 0) is 6.54 Å². The van der Waals surface area contributed by atoms with E-state index in [4.69, 9.17) is 0 Å². The van der Waals surface area contributed by atoms with Crippen LogP contribution >= 0.6 is 0 Å². The fourth-order valence-corrected chi connectivity index (χ4v) is 2.76. The Labute approximate surface area is 110 Å². The molecule has 1 atom stereocenters. The lowest BCUT2D eigenvalue weighted by Gasteiger charge is -2.21. The number of rotatable bonds is 5. The fourth-order valence-electron chi connectivity index (χ4n) is 2.76. The van der Waals surface area contributed by atoms with Crippen molar-refractivity contribution in [3.63, 3.8) is 0 Å². The van der Waals surface area contributed by atoms with Gasteiger partial charge in [0.25, 0.3) is 0 Å². The Balaban J connectivity index is 1.88. The SMILES string of the molecule is CNc1ncccc1CN(C)CC1CCN(C)C1. The first kappa shape index (κ1) is 13.3. The Morgan fingerprint density at radius 3 is 3.06 bits per heavy atom. The van der Waals surface area contributed by atoms with Gasteiger partial charge < -0.3 is 15.1 Å². The van der Waals surface area contributed by atoms with E-state index in [0.717, 1.165) is 18.3 Å². The van der Waals surface area contributed by atoms with Gasteiger partial charge in [0.15, 0.2) is 0 Å². The largest absolute Gasteiger partial charge is 0.373 e. The van der Waals surface area contributed by atoms with Crippen LogP contribution in [0.3, 0.4) is 0 Å². The summed E-state index contributed by atoms with van der Waals surface area (Å²) < 4.78 is 0. The molecular weight excluding hydrogens is 224 g/mol. The molecule has 1 aromatic rings. The first-order valence-electron chi connectivity index (χ1n) is 6.67. The topological polar surface area (TPSA) is 31.4 Å². The van der Waals surface area contributed by atoms with Gasteiger partial charge in [-0.3, -0.25) is 0 Å². The van der Waals surface area contributed by atoms with Crippen molar-refractivity contribution in [2.75, 3.05) is 46.1 Å². The van der Waals surface area contributed by atoms with Crippen molar-refractivity contribution in [1.29, 1.82) is 0 Å². The minimum Gasteiger partial charge on any atom is -0.373 e. The molecule has 2 heterocycles. The van der Waals surface area contributed by atoms with E-state index in [1.54, 1.807) is 0 Å². The molecule has 4 nitrogen and oxygen atoms in total. The number of anilines is 1. The standard InChI is InChI=1S/C14H24N4/c1-15-14-13(5-4-7-16-14)11-18(3)10-12-6-8-17(2)9-12/h4-5,7,12H,6,8-11H2,1-3H3,(H,15,16). The predicted octanol–water partition coefficient (Wildman–Crippen LogP) is 1.51. The summed E-state index contributed by atoms with van der Waals surface area (Å²) in [6.45, 7) is 4.61. The maximum atomic E-state index is 4.35. The highest BCUT2D eigenvalue weighted by Crippen LogP contribution is 2.18. The van der Waals surface area contributed by atoms with Crippen molar-refractivity contribution in [2.24, 2.45) is 5.92 Å². The van der Waals surface area contributed by atoms with Crippen molar-refractivity contribution in [2.45, 2.75) is 13.0 Å². The zero-order valence-corrected chi connectivity index (χ0v) is 11.7. The summed E-state index contributed by atoms with van der Waals surface area (Å²) in [6, 6.07) is 4.16. The summed E-state index contributed by atoms with van der Waals surface area (Å²) in [7, 11) is 6.34. The lowest BCUT2D eigenvalue weighted by Crippen LogP contribution is -2.27. The molecule has 1 fully saturated rings. The predicted molar refractivity (Wildman–Crippen MR) is 75.7 cm³/mol. The summed E-state index contributed by atoms with van der Waals surface area (Å²) in [4.78, 5) is 9.17. The van der Waals surface area contributed by atoms with Gasteiger partial charge in [0.2, 0.25) is 0 Å². The van der Waals surface area contributed by atoms with Crippen molar-refractivity contribution < 1.29 is 0 Å². The van der Waals surface area contributed by atoms with Crippen LogP contribution < -0.4 is 5.32 Å². The number of hydrogen-bond donors (Lipinski definition) is 1. The molecule has 0 bridgehead atoms. The van der Waals surface area contributed by atoms with Crippen LogP contribution in [0, 0.1) is 5.92 Å². The first-order chi connectivity index (χ1) is 8.69. The molecule has 18 heavy (non-hydrogen) atoms. The molecule has 4 heteroatoms. The number of pyridine rings is 1. The zero-order chi connectivity index (χ0) is 13.0. The summed E-state index contributed by atoms with van der Waals surface area (Å²) in [6.07, 6.45) is 3.16. The lowest BCUT2D eigenvalue weighted by molar-refractivity contribution is 0.267. The molecule has 2 rings (SSSR count). The van der Waals surface area contributed by atoms with E-state index in [9.17, 15) is 0 Å². The van der Waals surface area contributed by atoms with E-state index in [2.05, 4.69) is 40.3 Å². The minimum absolute atomic E-state index is 0.815. The van der Waals surface area contributed by atoms with Crippen LogP contribution in [0.15, 0.2) is 18.3 Å². The molecule has 100 valence electrons. The van der Waals surface area contributed by atoms with Crippen LogP contribution in [0.2, 0.25) is 0 Å². The molecule has 0 saturated carbocycles. The number of hydrogen-bond acceptors (Lipinski definition) is 4. The third-order valence-corrected chi connectivity index (χ3v) is 3.63. The van der Waals surface area contributed by atoms with Gasteiger partial charge >= 0.3 is 0 Å². The second-order valence-corrected chi connectivity index (χ2v) is 5.37. The lowest BCUT2D eigenvalue weighted by atomic mass is 10.1. The molecule has 0 radical (unpaired) electrons. The maximum Gasteiger partial charge on any atom is 0.130 e. The van der Waals surface area contributed by atoms with Crippen molar-refractivity contribution >= 4 is 5.82 Å². The van der Waals surface area contributed by atoms with Gasteiger partial charge in [-0.05, 0) is 39.0 Å². The van der Waals surface area contributed by atoms with Gasteiger partial charge in [-0.25, -0.2) is 4.98 Å². The Hall–Kier alpha value is -1.13. The highest BCUT2D eigenvalue weighted by Gasteiger charge is 2.20. The Morgan fingerprint density at radius 2 is 2.39 bits per heavy atom. The second-order valence-electron chi connectivity index (χ2n) is 5.37. The average molecular weight is 248 g/mol. The molecule has 1 saturated heterocycles.